The van der Waals surface area contributed by atoms with Gasteiger partial charge in [-0.3, -0.25) is 4.79 Å². The van der Waals surface area contributed by atoms with Gasteiger partial charge >= 0.3 is 0 Å². The number of fused-ring (bicyclic) bond motifs is 1. The fourth-order valence-electron chi connectivity index (χ4n) is 5.08. The van der Waals surface area contributed by atoms with E-state index >= 15 is 0 Å². The quantitative estimate of drug-likeness (QED) is 0.193. The van der Waals surface area contributed by atoms with Gasteiger partial charge in [-0.05, 0) is 17.7 Å². The molecule has 14 nitrogen and oxygen atoms in total. The number of benzene rings is 2. The number of Topliss-reactive ketones (excluding diaryl/α,β-unsaturated/α-hetero) is 1. The van der Waals surface area contributed by atoms with Crippen LogP contribution in [-0.4, -0.2) is 114 Å². The zero-order valence-electron chi connectivity index (χ0n) is 20.9. The molecule has 0 unspecified atom stereocenters. The van der Waals surface area contributed by atoms with Gasteiger partial charge in [0.25, 0.3) is 0 Å². The molecule has 40 heavy (non-hydrogen) atoms. The summed E-state index contributed by atoms with van der Waals surface area (Å²) in [5.74, 6) is -2.05. The molecule has 2 aromatic rings. The molecule has 9 atom stereocenters. The minimum Gasteiger partial charge on any atom is -0.508 e. The molecule has 0 aromatic heterocycles. The Morgan fingerprint density at radius 2 is 1.70 bits per heavy atom. The lowest BCUT2D eigenvalue weighted by Gasteiger charge is -2.41. The number of aliphatic hydroxyl groups is 6. The van der Waals surface area contributed by atoms with Gasteiger partial charge in [0.1, 0.15) is 76.9 Å². The average molecular weight is 567 g/mol. The molecule has 0 radical (unpaired) electrons. The van der Waals surface area contributed by atoms with Crippen molar-refractivity contribution in [2.45, 2.75) is 61.0 Å². The van der Waals surface area contributed by atoms with Gasteiger partial charge in [-0.15, -0.1) is 0 Å². The molecule has 0 spiro atoms. The zero-order chi connectivity index (χ0) is 28.9. The van der Waals surface area contributed by atoms with Crippen molar-refractivity contribution in [2.24, 2.45) is 0 Å². The Labute approximate surface area is 226 Å². The highest BCUT2D eigenvalue weighted by atomic mass is 16.7. The number of aromatic hydroxyl groups is 3. The van der Waals surface area contributed by atoms with Crippen molar-refractivity contribution >= 4 is 5.78 Å². The van der Waals surface area contributed by atoms with E-state index in [2.05, 4.69) is 0 Å². The van der Waals surface area contributed by atoms with Crippen LogP contribution in [0.15, 0.2) is 30.3 Å². The average Bonchev–Trinajstić information content (AvgIpc) is 3.21. The van der Waals surface area contributed by atoms with Crippen LogP contribution in [0.5, 0.6) is 23.0 Å². The first-order valence-electron chi connectivity index (χ1n) is 12.5. The number of aliphatic hydroxyl groups excluding tert-OH is 5. The maximum atomic E-state index is 13.1. The predicted octanol–water partition coefficient (Wildman–Crippen LogP) is -1.51. The molecule has 0 bridgehead atoms. The van der Waals surface area contributed by atoms with E-state index in [-0.39, 0.29) is 23.5 Å². The second-order valence-electron chi connectivity index (χ2n) is 10.1. The third kappa shape index (κ3) is 4.87. The molecule has 0 amide bonds. The Balaban J connectivity index is 1.38. The van der Waals surface area contributed by atoms with Crippen molar-refractivity contribution in [1.29, 1.82) is 0 Å². The first-order valence-corrected chi connectivity index (χ1v) is 12.5. The number of ketones is 1. The van der Waals surface area contributed by atoms with Crippen molar-refractivity contribution in [3.8, 4) is 23.0 Å². The number of phenols is 3. The van der Waals surface area contributed by atoms with Gasteiger partial charge < -0.3 is 64.9 Å². The van der Waals surface area contributed by atoms with Crippen LogP contribution >= 0.6 is 0 Å². The Kier molecular flexibility index (Phi) is 7.64. The fourth-order valence-corrected chi connectivity index (χ4v) is 5.08. The minimum absolute atomic E-state index is 0.0203. The molecule has 218 valence electrons. The summed E-state index contributed by atoms with van der Waals surface area (Å²) < 4.78 is 22.1. The number of rotatable bonds is 6. The van der Waals surface area contributed by atoms with Crippen LogP contribution in [0.1, 0.15) is 40.1 Å². The fraction of sp³-hybridized carbons (Fsp3) is 0.500. The summed E-state index contributed by atoms with van der Waals surface area (Å²) >= 11 is 0. The lowest BCUT2D eigenvalue weighted by atomic mass is 9.87. The Bertz CT molecular complexity index is 1250. The monoisotopic (exact) mass is 566 g/mol. The van der Waals surface area contributed by atoms with Crippen LogP contribution in [0.3, 0.4) is 0 Å². The number of hydrogen-bond acceptors (Lipinski definition) is 14. The smallest absolute Gasteiger partial charge is 0.186 e. The summed E-state index contributed by atoms with van der Waals surface area (Å²) in [6.07, 6.45) is -12.5. The minimum atomic E-state index is -1.97. The summed E-state index contributed by atoms with van der Waals surface area (Å²) in [7, 11) is 0. The molecule has 3 aliphatic heterocycles. The summed E-state index contributed by atoms with van der Waals surface area (Å²) in [6, 6.07) is 7.03. The van der Waals surface area contributed by atoms with Crippen molar-refractivity contribution < 1.29 is 69.7 Å². The van der Waals surface area contributed by atoms with Crippen LogP contribution in [0.4, 0.5) is 0 Å². The van der Waals surface area contributed by atoms with E-state index in [1.807, 2.05) is 0 Å². The molecule has 2 fully saturated rings. The molecular formula is C26H30O14. The molecule has 0 saturated carbocycles. The van der Waals surface area contributed by atoms with Gasteiger partial charge in [0, 0.05) is 6.07 Å². The molecule has 9 N–H and O–H groups in total. The molecule has 14 heteroatoms. The van der Waals surface area contributed by atoms with Gasteiger partial charge in [0.15, 0.2) is 12.1 Å². The number of hydrogen-bond donors (Lipinski definition) is 9. The van der Waals surface area contributed by atoms with E-state index in [4.69, 9.17) is 18.9 Å². The Morgan fingerprint density at radius 1 is 1.00 bits per heavy atom. The van der Waals surface area contributed by atoms with E-state index in [1.54, 1.807) is 12.1 Å². The molecule has 2 aromatic carbocycles. The third-order valence-electron chi connectivity index (χ3n) is 7.47. The number of carbonyl (C=O) groups excluding carboxylic acids is 1. The van der Waals surface area contributed by atoms with Crippen LogP contribution in [-0.2, 0) is 14.2 Å². The molecule has 0 aliphatic carbocycles. The molecule has 3 aliphatic rings. The lowest BCUT2D eigenvalue weighted by Crippen LogP contribution is -2.56. The van der Waals surface area contributed by atoms with Crippen LogP contribution in [0.25, 0.3) is 0 Å². The molecule has 3 heterocycles. The van der Waals surface area contributed by atoms with E-state index in [9.17, 15) is 50.8 Å². The van der Waals surface area contributed by atoms with Gasteiger partial charge in [0.2, 0.25) is 0 Å². The second kappa shape index (κ2) is 10.7. The predicted molar refractivity (Wildman–Crippen MR) is 130 cm³/mol. The second-order valence-corrected chi connectivity index (χ2v) is 10.1. The first kappa shape index (κ1) is 28.5. The Morgan fingerprint density at radius 3 is 2.35 bits per heavy atom. The zero-order valence-corrected chi connectivity index (χ0v) is 20.9. The van der Waals surface area contributed by atoms with E-state index in [0.717, 1.165) is 6.07 Å². The summed E-state index contributed by atoms with van der Waals surface area (Å²) in [6.45, 7) is -1.79. The van der Waals surface area contributed by atoms with E-state index in [1.165, 1.54) is 12.1 Å². The van der Waals surface area contributed by atoms with Gasteiger partial charge in [0.05, 0.1) is 31.8 Å². The topological polar surface area (TPSA) is 236 Å². The first-order chi connectivity index (χ1) is 18.9. The van der Waals surface area contributed by atoms with Crippen molar-refractivity contribution in [1.82, 2.24) is 0 Å². The van der Waals surface area contributed by atoms with E-state index in [0.29, 0.717) is 5.56 Å². The van der Waals surface area contributed by atoms with Gasteiger partial charge in [-0.1, -0.05) is 12.1 Å². The van der Waals surface area contributed by atoms with Crippen LogP contribution in [0.2, 0.25) is 0 Å². The standard InChI is InChI=1S/C26H30O14/c27-8-26(36)9-38-25(24(26)35)37-7-16-19(31)21(33)22(34)23(40-16)18-13(30)6-15-17(20(18)32)12(29)5-14(39-15)10-1-3-11(28)4-2-10/h1-4,6,14,16,19,21-25,27-28,30-36H,5,7-9H2/t14-,16+,19+,21-,22+,23-,24-,25+,26+/m0/s1. The summed E-state index contributed by atoms with van der Waals surface area (Å²) in [4.78, 5) is 13.1. The highest BCUT2D eigenvalue weighted by Crippen LogP contribution is 2.49. The highest BCUT2D eigenvalue weighted by molar-refractivity contribution is 6.03. The van der Waals surface area contributed by atoms with Gasteiger partial charge in [-0.2, -0.15) is 0 Å². The highest BCUT2D eigenvalue weighted by Gasteiger charge is 2.51. The third-order valence-corrected chi connectivity index (χ3v) is 7.47. The molecule has 5 rings (SSSR count). The van der Waals surface area contributed by atoms with Crippen molar-refractivity contribution in [3.05, 3.63) is 47.0 Å². The summed E-state index contributed by atoms with van der Waals surface area (Å²) in [5.41, 5.74) is -2.11. The Hall–Kier alpha value is -3.05. The van der Waals surface area contributed by atoms with Crippen molar-refractivity contribution in [3.63, 3.8) is 0 Å². The largest absolute Gasteiger partial charge is 0.508 e. The normalized spacial score (nSPS) is 35.8. The molecule has 2 saturated heterocycles. The van der Waals surface area contributed by atoms with Crippen LogP contribution in [0, 0.1) is 0 Å². The summed E-state index contributed by atoms with van der Waals surface area (Å²) in [5, 5.41) is 92.6. The van der Waals surface area contributed by atoms with E-state index < -0.39 is 97.3 Å². The lowest BCUT2D eigenvalue weighted by molar-refractivity contribution is -0.253. The number of phenolic OH excluding ortho intramolecular Hbond substituents is 3. The maximum Gasteiger partial charge on any atom is 0.186 e. The maximum absolute atomic E-state index is 13.1. The van der Waals surface area contributed by atoms with Gasteiger partial charge in [-0.25, -0.2) is 0 Å². The SMILES string of the molecule is O=C1C[C@@H](c2ccc(O)cc2)Oc2cc(O)c([C@@H]3O[C@H](CO[C@@H]4OC[C@](O)(CO)[C@H]4O)[C@@H](O)[C@H](O)[C@H]3O)c(O)c21. The number of carbonyl (C=O) groups is 1. The number of ether oxygens (including phenoxy) is 4. The van der Waals surface area contributed by atoms with Crippen LogP contribution < -0.4 is 4.74 Å². The van der Waals surface area contributed by atoms with Crippen molar-refractivity contribution in [2.75, 3.05) is 19.8 Å². The molecular weight excluding hydrogens is 536 g/mol.